The maximum absolute atomic E-state index is 12.3. The topological polar surface area (TPSA) is 92.6 Å². The van der Waals surface area contributed by atoms with Crippen LogP contribution in [0, 0.1) is 11.3 Å². The Morgan fingerprint density at radius 3 is 2.81 bits per heavy atom. The Balaban J connectivity index is 1.96. The van der Waals surface area contributed by atoms with Crippen LogP contribution in [0.3, 0.4) is 0 Å². The molecule has 0 bridgehead atoms. The second kappa shape index (κ2) is 9.68. The van der Waals surface area contributed by atoms with Crippen molar-refractivity contribution in [3.8, 4) is 17.6 Å². The van der Waals surface area contributed by atoms with Crippen LogP contribution in [0.2, 0.25) is 0 Å². The molecule has 1 saturated heterocycles. The van der Waals surface area contributed by atoms with E-state index in [1.165, 1.54) is 6.20 Å². The molecule has 26 heavy (non-hydrogen) atoms. The van der Waals surface area contributed by atoms with Crippen molar-refractivity contribution in [1.82, 2.24) is 10.6 Å². The van der Waals surface area contributed by atoms with Crippen LogP contribution in [0.5, 0.6) is 11.5 Å². The summed E-state index contributed by atoms with van der Waals surface area (Å²) in [6.07, 6.45) is 3.62. The minimum Gasteiger partial charge on any atom is -0.493 e. The molecule has 2 atom stereocenters. The summed E-state index contributed by atoms with van der Waals surface area (Å²) >= 11 is 0. The molecule has 2 N–H and O–H groups in total. The fraction of sp³-hybridized carbons (Fsp3) is 0.474. The molecular weight excluding hydrogens is 334 g/mol. The van der Waals surface area contributed by atoms with E-state index >= 15 is 0 Å². The first-order valence-electron chi connectivity index (χ1n) is 8.57. The van der Waals surface area contributed by atoms with Crippen molar-refractivity contribution >= 4 is 5.91 Å². The molecule has 1 heterocycles. The minimum atomic E-state index is -0.436. The molecule has 7 nitrogen and oxygen atoms in total. The largest absolute Gasteiger partial charge is 0.493 e. The highest BCUT2D eigenvalue weighted by Crippen LogP contribution is 2.29. The molecule has 1 aromatic rings. The summed E-state index contributed by atoms with van der Waals surface area (Å²) < 4.78 is 16.0. The van der Waals surface area contributed by atoms with Crippen LogP contribution in [0.25, 0.3) is 0 Å². The van der Waals surface area contributed by atoms with Crippen LogP contribution >= 0.6 is 0 Å². The number of carbonyl (C=O) groups is 1. The number of carbonyl (C=O) groups excluding carboxylic acids is 1. The van der Waals surface area contributed by atoms with Crippen LogP contribution in [0.15, 0.2) is 30.0 Å². The quantitative estimate of drug-likeness (QED) is 0.545. The van der Waals surface area contributed by atoms with Gasteiger partial charge in [0, 0.05) is 19.4 Å². The van der Waals surface area contributed by atoms with Gasteiger partial charge in [-0.1, -0.05) is 6.07 Å². The number of methoxy groups -OCH3 is 2. The van der Waals surface area contributed by atoms with Crippen molar-refractivity contribution in [2.45, 2.75) is 31.9 Å². The van der Waals surface area contributed by atoms with Crippen LogP contribution in [0.1, 0.15) is 31.4 Å². The summed E-state index contributed by atoms with van der Waals surface area (Å²) in [7, 11) is 3.12. The third kappa shape index (κ3) is 5.14. The summed E-state index contributed by atoms with van der Waals surface area (Å²) in [5, 5.41) is 15.1. The van der Waals surface area contributed by atoms with E-state index in [4.69, 9.17) is 14.2 Å². The molecule has 2 rings (SSSR count). The zero-order chi connectivity index (χ0) is 18.9. The first-order chi connectivity index (χ1) is 12.6. The fourth-order valence-corrected chi connectivity index (χ4v) is 2.73. The van der Waals surface area contributed by atoms with Gasteiger partial charge in [0.1, 0.15) is 11.6 Å². The molecule has 2 unspecified atom stereocenters. The SMILES string of the molecule is COc1ccc(C(C)NC(=O)/C(C#N)=C\NCC2CCCO2)cc1OC. The number of nitriles is 1. The lowest BCUT2D eigenvalue weighted by molar-refractivity contribution is -0.117. The zero-order valence-electron chi connectivity index (χ0n) is 15.4. The number of hydrogen-bond acceptors (Lipinski definition) is 6. The zero-order valence-corrected chi connectivity index (χ0v) is 15.4. The highest BCUT2D eigenvalue weighted by atomic mass is 16.5. The van der Waals surface area contributed by atoms with Gasteiger partial charge in [0.25, 0.3) is 5.91 Å². The van der Waals surface area contributed by atoms with Crippen molar-refractivity contribution in [1.29, 1.82) is 5.26 Å². The van der Waals surface area contributed by atoms with Crippen molar-refractivity contribution in [3.05, 3.63) is 35.5 Å². The lowest BCUT2D eigenvalue weighted by Gasteiger charge is -2.16. The van der Waals surface area contributed by atoms with Gasteiger partial charge in [-0.3, -0.25) is 4.79 Å². The van der Waals surface area contributed by atoms with E-state index < -0.39 is 5.91 Å². The predicted octanol–water partition coefficient (Wildman–Crippen LogP) is 2.06. The molecule has 0 saturated carbocycles. The Hall–Kier alpha value is -2.72. The smallest absolute Gasteiger partial charge is 0.263 e. The number of amides is 1. The average molecular weight is 359 g/mol. The van der Waals surface area contributed by atoms with Crippen LogP contribution < -0.4 is 20.1 Å². The van der Waals surface area contributed by atoms with E-state index in [-0.39, 0.29) is 17.7 Å². The molecule has 0 aromatic heterocycles. The monoisotopic (exact) mass is 359 g/mol. The normalized spacial score (nSPS) is 17.9. The van der Waals surface area contributed by atoms with Gasteiger partial charge in [0.15, 0.2) is 11.5 Å². The maximum atomic E-state index is 12.3. The van der Waals surface area contributed by atoms with Gasteiger partial charge in [0.05, 0.1) is 26.4 Å². The van der Waals surface area contributed by atoms with Gasteiger partial charge in [-0.25, -0.2) is 0 Å². The van der Waals surface area contributed by atoms with Gasteiger partial charge in [-0.2, -0.15) is 5.26 Å². The number of hydrogen-bond donors (Lipinski definition) is 2. The van der Waals surface area contributed by atoms with Crippen molar-refractivity contribution in [2.24, 2.45) is 0 Å². The van der Waals surface area contributed by atoms with Crippen LogP contribution in [0.4, 0.5) is 0 Å². The molecule has 1 aliphatic heterocycles. The number of ether oxygens (including phenoxy) is 3. The van der Waals surface area contributed by atoms with Gasteiger partial charge in [0.2, 0.25) is 0 Å². The van der Waals surface area contributed by atoms with Crippen molar-refractivity contribution in [3.63, 3.8) is 0 Å². The molecular formula is C19H25N3O4. The lowest BCUT2D eigenvalue weighted by Crippen LogP contribution is -2.29. The molecule has 0 radical (unpaired) electrons. The number of rotatable bonds is 8. The van der Waals surface area contributed by atoms with Gasteiger partial charge in [-0.15, -0.1) is 0 Å². The molecule has 140 valence electrons. The average Bonchev–Trinajstić information content (AvgIpc) is 3.17. The molecule has 0 spiro atoms. The van der Waals surface area contributed by atoms with E-state index in [9.17, 15) is 10.1 Å². The molecule has 1 fully saturated rings. The van der Waals surface area contributed by atoms with Crippen molar-refractivity contribution in [2.75, 3.05) is 27.4 Å². The third-order valence-electron chi connectivity index (χ3n) is 4.24. The maximum Gasteiger partial charge on any atom is 0.263 e. The second-order valence-electron chi connectivity index (χ2n) is 6.02. The van der Waals surface area contributed by atoms with Gasteiger partial charge < -0.3 is 24.8 Å². The Bertz CT molecular complexity index is 691. The lowest BCUT2D eigenvalue weighted by atomic mass is 10.1. The van der Waals surface area contributed by atoms with E-state index in [0.717, 1.165) is 25.0 Å². The third-order valence-corrected chi connectivity index (χ3v) is 4.24. The Kier molecular flexibility index (Phi) is 7.30. The summed E-state index contributed by atoms with van der Waals surface area (Å²) in [5.41, 5.74) is 0.871. The number of benzene rings is 1. The number of nitrogens with one attached hydrogen (secondary N) is 2. The fourth-order valence-electron chi connectivity index (χ4n) is 2.73. The molecule has 1 aliphatic rings. The first kappa shape index (κ1) is 19.6. The van der Waals surface area contributed by atoms with Crippen LogP contribution in [-0.2, 0) is 9.53 Å². The Labute approximate surface area is 153 Å². The molecule has 7 heteroatoms. The Morgan fingerprint density at radius 1 is 1.42 bits per heavy atom. The highest BCUT2D eigenvalue weighted by molar-refractivity contribution is 5.97. The summed E-state index contributed by atoms with van der Waals surface area (Å²) in [6, 6.07) is 7.06. The van der Waals surface area contributed by atoms with E-state index in [1.54, 1.807) is 26.4 Å². The predicted molar refractivity (Wildman–Crippen MR) is 96.8 cm³/mol. The summed E-state index contributed by atoms with van der Waals surface area (Å²) in [4.78, 5) is 12.3. The Morgan fingerprint density at radius 2 is 2.19 bits per heavy atom. The number of nitrogens with zero attached hydrogens (tertiary/aromatic N) is 1. The minimum absolute atomic E-state index is 0.0234. The van der Waals surface area contributed by atoms with Crippen LogP contribution in [-0.4, -0.2) is 39.4 Å². The molecule has 1 aromatic carbocycles. The van der Waals surface area contributed by atoms with E-state index in [2.05, 4.69) is 10.6 Å². The summed E-state index contributed by atoms with van der Waals surface area (Å²) in [5.74, 6) is 0.765. The van der Waals surface area contributed by atoms with Crippen molar-refractivity contribution < 1.29 is 19.0 Å². The highest BCUT2D eigenvalue weighted by Gasteiger charge is 2.17. The van der Waals surface area contributed by atoms with E-state index in [0.29, 0.717) is 18.0 Å². The second-order valence-corrected chi connectivity index (χ2v) is 6.02. The van der Waals surface area contributed by atoms with E-state index in [1.807, 2.05) is 19.1 Å². The molecule has 0 aliphatic carbocycles. The van der Waals surface area contributed by atoms with Gasteiger partial charge in [-0.05, 0) is 37.5 Å². The standard InChI is InChI=1S/C19H25N3O4/c1-13(14-6-7-17(24-2)18(9-14)25-3)22-19(23)15(10-20)11-21-12-16-5-4-8-26-16/h6-7,9,11,13,16,21H,4-5,8,12H2,1-3H3,(H,22,23)/b15-11-. The van der Waals surface area contributed by atoms with Gasteiger partial charge >= 0.3 is 0 Å². The summed E-state index contributed by atoms with van der Waals surface area (Å²) in [6.45, 7) is 3.20. The first-order valence-corrected chi connectivity index (χ1v) is 8.57. The molecule has 1 amide bonds.